The SMILES string of the molecule is N#Cc1ccc(-c2cccc(C(NC(=O)c3cccc(C(F)(F)F)c3Cl)C3(O)CCCC3)c2)cc1. The van der Waals surface area contributed by atoms with Crippen molar-refractivity contribution in [1.29, 1.82) is 5.26 Å². The zero-order valence-electron chi connectivity index (χ0n) is 18.6. The fraction of sp³-hybridized carbons (Fsp3) is 0.259. The van der Waals surface area contributed by atoms with Gasteiger partial charge in [-0.15, -0.1) is 0 Å². The summed E-state index contributed by atoms with van der Waals surface area (Å²) in [7, 11) is 0. The molecule has 1 amide bonds. The van der Waals surface area contributed by atoms with E-state index in [9.17, 15) is 23.1 Å². The van der Waals surface area contributed by atoms with Gasteiger partial charge in [0.1, 0.15) is 0 Å². The molecule has 0 saturated heterocycles. The molecule has 0 aliphatic heterocycles. The molecule has 1 saturated carbocycles. The number of nitrogens with zero attached hydrogens (tertiary/aromatic N) is 1. The van der Waals surface area contributed by atoms with E-state index in [2.05, 4.69) is 11.4 Å². The predicted molar refractivity (Wildman–Crippen MR) is 127 cm³/mol. The summed E-state index contributed by atoms with van der Waals surface area (Å²) in [6.07, 6.45) is -2.29. The second-order valence-corrected chi connectivity index (χ2v) is 9.07. The third-order valence-corrected chi connectivity index (χ3v) is 6.81. The minimum absolute atomic E-state index is 0.309. The van der Waals surface area contributed by atoms with E-state index in [0.717, 1.165) is 36.1 Å². The lowest BCUT2D eigenvalue weighted by molar-refractivity contribution is -0.137. The summed E-state index contributed by atoms with van der Waals surface area (Å²) in [6.45, 7) is 0. The number of hydrogen-bond acceptors (Lipinski definition) is 3. The Labute approximate surface area is 206 Å². The van der Waals surface area contributed by atoms with E-state index in [0.29, 0.717) is 24.0 Å². The Morgan fingerprint density at radius 2 is 1.69 bits per heavy atom. The van der Waals surface area contributed by atoms with E-state index in [1.54, 1.807) is 36.4 Å². The highest BCUT2D eigenvalue weighted by Crippen LogP contribution is 2.41. The highest BCUT2D eigenvalue weighted by atomic mass is 35.5. The van der Waals surface area contributed by atoms with Gasteiger partial charge in [0.25, 0.3) is 5.91 Å². The number of hydrogen-bond donors (Lipinski definition) is 2. The molecule has 3 aromatic carbocycles. The summed E-state index contributed by atoms with van der Waals surface area (Å²) in [6, 6.07) is 18.6. The topological polar surface area (TPSA) is 73.1 Å². The number of halogens is 4. The number of amides is 1. The summed E-state index contributed by atoms with van der Waals surface area (Å²) in [5.41, 5.74) is 0.135. The van der Waals surface area contributed by atoms with Gasteiger partial charge in [0.05, 0.1) is 39.4 Å². The summed E-state index contributed by atoms with van der Waals surface area (Å²) in [5.74, 6) is -0.796. The number of carbonyl (C=O) groups excluding carboxylic acids is 1. The minimum Gasteiger partial charge on any atom is -0.387 e. The standard InChI is InChI=1S/C27H22ClF3N2O2/c28-23-21(7-4-8-22(23)27(29,30)31)25(34)33-24(26(35)13-1-2-14-26)20-6-3-5-19(15-20)18-11-9-17(16-32)10-12-18/h3-12,15,24,35H,1-2,13-14H2,(H,33,34). The van der Waals surface area contributed by atoms with Crippen LogP contribution in [0, 0.1) is 11.3 Å². The van der Waals surface area contributed by atoms with Crippen LogP contribution in [0.25, 0.3) is 11.1 Å². The predicted octanol–water partition coefficient (Wildman–Crippen LogP) is 6.67. The average Bonchev–Trinajstić information content (AvgIpc) is 3.29. The fourth-order valence-electron chi connectivity index (χ4n) is 4.57. The van der Waals surface area contributed by atoms with E-state index in [-0.39, 0.29) is 5.56 Å². The molecule has 1 atom stereocenters. The molecule has 1 aliphatic rings. The van der Waals surface area contributed by atoms with Gasteiger partial charge in [-0.1, -0.05) is 60.8 Å². The van der Waals surface area contributed by atoms with E-state index in [1.807, 2.05) is 12.1 Å². The van der Waals surface area contributed by atoms with Crippen molar-refractivity contribution in [2.45, 2.75) is 43.5 Å². The number of alkyl halides is 3. The molecule has 1 fully saturated rings. The molecule has 0 radical (unpaired) electrons. The second kappa shape index (κ2) is 9.73. The zero-order valence-corrected chi connectivity index (χ0v) is 19.3. The number of nitriles is 1. The Morgan fingerprint density at radius 1 is 1.03 bits per heavy atom. The van der Waals surface area contributed by atoms with E-state index < -0.39 is 34.3 Å². The van der Waals surface area contributed by atoms with Crippen LogP contribution in [0.5, 0.6) is 0 Å². The minimum atomic E-state index is -4.70. The summed E-state index contributed by atoms with van der Waals surface area (Å²) in [5, 5.41) is 22.5. The van der Waals surface area contributed by atoms with E-state index in [4.69, 9.17) is 16.9 Å². The van der Waals surface area contributed by atoms with Crippen LogP contribution in [0.2, 0.25) is 5.02 Å². The Balaban J connectivity index is 1.71. The third kappa shape index (κ3) is 5.19. The molecule has 0 heterocycles. The van der Waals surface area contributed by atoms with Crippen molar-refractivity contribution in [1.82, 2.24) is 5.32 Å². The summed E-state index contributed by atoms with van der Waals surface area (Å²) < 4.78 is 39.9. The lowest BCUT2D eigenvalue weighted by Gasteiger charge is -2.34. The molecule has 2 N–H and O–H groups in total. The van der Waals surface area contributed by atoms with E-state index in [1.165, 1.54) is 6.07 Å². The molecular formula is C27H22ClF3N2O2. The number of carbonyl (C=O) groups is 1. The number of rotatable bonds is 5. The van der Waals surface area contributed by atoms with Gasteiger partial charge in [0.2, 0.25) is 0 Å². The maximum atomic E-state index is 13.3. The molecule has 0 bridgehead atoms. The molecule has 4 rings (SSSR count). The number of nitrogens with one attached hydrogen (secondary N) is 1. The van der Waals surface area contributed by atoms with E-state index >= 15 is 0 Å². The van der Waals surface area contributed by atoms with Crippen molar-refractivity contribution < 1.29 is 23.1 Å². The Bertz CT molecular complexity index is 1280. The maximum absolute atomic E-state index is 13.3. The molecule has 0 aromatic heterocycles. The molecule has 35 heavy (non-hydrogen) atoms. The van der Waals surface area contributed by atoms with Crippen molar-refractivity contribution >= 4 is 17.5 Å². The van der Waals surface area contributed by atoms with Crippen molar-refractivity contribution in [3.8, 4) is 17.2 Å². The highest BCUT2D eigenvalue weighted by Gasteiger charge is 2.42. The van der Waals surface area contributed by atoms with Crippen LogP contribution in [-0.4, -0.2) is 16.6 Å². The summed E-state index contributed by atoms with van der Waals surface area (Å²) in [4.78, 5) is 13.1. The first-order chi connectivity index (χ1) is 16.6. The van der Waals surface area contributed by atoms with Crippen LogP contribution in [0.3, 0.4) is 0 Å². The Kier molecular flexibility index (Phi) is 6.88. The van der Waals surface area contributed by atoms with Gasteiger partial charge in [0.15, 0.2) is 0 Å². The maximum Gasteiger partial charge on any atom is 0.417 e. The van der Waals surface area contributed by atoms with Gasteiger partial charge >= 0.3 is 6.18 Å². The number of aliphatic hydroxyl groups is 1. The molecule has 180 valence electrons. The molecule has 1 aliphatic carbocycles. The van der Waals surface area contributed by atoms with Gasteiger partial charge in [-0.25, -0.2) is 0 Å². The van der Waals surface area contributed by atoms with Gasteiger partial charge in [-0.3, -0.25) is 4.79 Å². The van der Waals surface area contributed by atoms with Gasteiger partial charge in [0, 0.05) is 0 Å². The van der Waals surface area contributed by atoms with Crippen LogP contribution < -0.4 is 5.32 Å². The van der Waals surface area contributed by atoms with Gasteiger partial charge in [-0.05, 0) is 59.9 Å². The first-order valence-electron chi connectivity index (χ1n) is 11.1. The van der Waals surface area contributed by atoms with Crippen LogP contribution in [0.4, 0.5) is 13.2 Å². The van der Waals surface area contributed by atoms with Gasteiger partial charge in [-0.2, -0.15) is 18.4 Å². The molecular weight excluding hydrogens is 477 g/mol. The van der Waals surface area contributed by atoms with Crippen LogP contribution in [0.15, 0.2) is 66.7 Å². The highest BCUT2D eigenvalue weighted by molar-refractivity contribution is 6.34. The molecule has 4 nitrogen and oxygen atoms in total. The smallest absolute Gasteiger partial charge is 0.387 e. The molecule has 8 heteroatoms. The quantitative estimate of drug-likeness (QED) is 0.412. The molecule has 3 aromatic rings. The van der Waals surface area contributed by atoms with Crippen molar-refractivity contribution in [2.75, 3.05) is 0 Å². The first kappa shape index (κ1) is 24.8. The molecule has 1 unspecified atom stereocenters. The van der Waals surface area contributed by atoms with Crippen LogP contribution in [-0.2, 0) is 6.18 Å². The zero-order chi connectivity index (χ0) is 25.2. The lowest BCUT2D eigenvalue weighted by atomic mass is 9.85. The molecule has 0 spiro atoms. The third-order valence-electron chi connectivity index (χ3n) is 6.40. The average molecular weight is 499 g/mol. The summed E-state index contributed by atoms with van der Waals surface area (Å²) >= 11 is 5.98. The normalized spacial score (nSPS) is 15.9. The van der Waals surface area contributed by atoms with Crippen molar-refractivity contribution in [3.05, 3.63) is 94.0 Å². The van der Waals surface area contributed by atoms with Crippen LogP contribution >= 0.6 is 11.6 Å². The first-order valence-corrected chi connectivity index (χ1v) is 11.5. The number of benzene rings is 3. The van der Waals surface area contributed by atoms with Gasteiger partial charge < -0.3 is 10.4 Å². The van der Waals surface area contributed by atoms with Crippen molar-refractivity contribution in [3.63, 3.8) is 0 Å². The fourth-order valence-corrected chi connectivity index (χ4v) is 4.89. The monoisotopic (exact) mass is 498 g/mol. The second-order valence-electron chi connectivity index (χ2n) is 8.70. The Hall–Kier alpha value is -3.34. The largest absolute Gasteiger partial charge is 0.417 e. The lowest BCUT2D eigenvalue weighted by Crippen LogP contribution is -2.44. The van der Waals surface area contributed by atoms with Crippen molar-refractivity contribution in [2.24, 2.45) is 0 Å². The van der Waals surface area contributed by atoms with Crippen LogP contribution in [0.1, 0.15) is 58.8 Å². The Morgan fingerprint density at radius 3 is 2.31 bits per heavy atom.